The Bertz CT molecular complexity index is 527. The second-order valence-electron chi connectivity index (χ2n) is 3.95. The number of nitrogens with one attached hydrogen (secondary N) is 2. The van der Waals surface area contributed by atoms with E-state index in [1.807, 2.05) is 6.92 Å². The average Bonchev–Trinajstić information content (AvgIpc) is 2.92. The van der Waals surface area contributed by atoms with Crippen molar-refractivity contribution in [2.75, 3.05) is 0 Å². The number of halogens is 1. The topological polar surface area (TPSA) is 96.5 Å². The first-order valence-corrected chi connectivity index (χ1v) is 6.24. The molecule has 2 aromatic heterocycles. The van der Waals surface area contributed by atoms with E-state index < -0.39 is 0 Å². The Morgan fingerprint density at radius 1 is 1.53 bits per heavy atom. The van der Waals surface area contributed by atoms with Gasteiger partial charge in [0, 0.05) is 6.20 Å². The Morgan fingerprint density at radius 3 is 2.95 bits per heavy atom. The molecule has 1 atom stereocenters. The highest BCUT2D eigenvalue weighted by Gasteiger charge is 2.19. The summed E-state index contributed by atoms with van der Waals surface area (Å²) in [5.74, 6) is 0.170. The fraction of sp³-hybridized carbons (Fsp3) is 0.364. The van der Waals surface area contributed by atoms with Crippen LogP contribution in [0.1, 0.15) is 42.1 Å². The van der Waals surface area contributed by atoms with Crippen LogP contribution in [-0.4, -0.2) is 31.5 Å². The number of carbonyl (C=O) groups is 1. The molecule has 0 aliphatic rings. The largest absolute Gasteiger partial charge is 0.341 e. The summed E-state index contributed by atoms with van der Waals surface area (Å²) in [4.78, 5) is 16.0. The van der Waals surface area contributed by atoms with Crippen molar-refractivity contribution < 1.29 is 4.79 Å². The van der Waals surface area contributed by atoms with E-state index in [4.69, 9.17) is 11.6 Å². The molecule has 0 fully saturated rings. The van der Waals surface area contributed by atoms with Crippen LogP contribution in [-0.2, 0) is 0 Å². The normalized spacial score (nSPS) is 12.1. The van der Waals surface area contributed by atoms with E-state index in [2.05, 4.69) is 30.9 Å². The maximum atomic E-state index is 12.0. The molecule has 2 heterocycles. The Kier molecular flexibility index (Phi) is 4.40. The van der Waals surface area contributed by atoms with E-state index in [-0.39, 0.29) is 11.9 Å². The number of aromatic amines is 1. The lowest BCUT2D eigenvalue weighted by Crippen LogP contribution is -2.30. The molecule has 8 heteroatoms. The number of amides is 1. The highest BCUT2D eigenvalue weighted by atomic mass is 35.5. The minimum Gasteiger partial charge on any atom is -0.341 e. The lowest BCUT2D eigenvalue weighted by Gasteiger charge is -2.13. The van der Waals surface area contributed by atoms with Gasteiger partial charge in [0.15, 0.2) is 5.82 Å². The summed E-state index contributed by atoms with van der Waals surface area (Å²) in [6.45, 7) is 2.01. The highest BCUT2D eigenvalue weighted by molar-refractivity contribution is 6.30. The predicted octanol–water partition coefficient (Wildman–Crippen LogP) is 1.52. The summed E-state index contributed by atoms with van der Waals surface area (Å²) in [5.41, 5.74) is 0.300. The standard InChI is InChI=1S/C11H13ClN6O/c1-2-3-8(10-15-17-18-16-10)14-11(19)9-5-4-7(12)6-13-9/h4-6,8H,2-3H2,1H3,(H,14,19)(H,15,16,17,18)/t8-/m1/s1. The van der Waals surface area contributed by atoms with Gasteiger partial charge in [0.2, 0.25) is 0 Å². The molecule has 100 valence electrons. The molecule has 2 rings (SSSR count). The van der Waals surface area contributed by atoms with Crippen molar-refractivity contribution in [2.45, 2.75) is 25.8 Å². The molecule has 0 saturated carbocycles. The van der Waals surface area contributed by atoms with Gasteiger partial charge >= 0.3 is 0 Å². The number of hydrogen-bond donors (Lipinski definition) is 2. The lowest BCUT2D eigenvalue weighted by molar-refractivity contribution is 0.0927. The van der Waals surface area contributed by atoms with Gasteiger partial charge in [-0.15, -0.1) is 10.2 Å². The molecular weight excluding hydrogens is 268 g/mol. The van der Waals surface area contributed by atoms with Gasteiger partial charge in [-0.2, -0.15) is 5.21 Å². The quantitative estimate of drug-likeness (QED) is 0.865. The van der Waals surface area contributed by atoms with Crippen molar-refractivity contribution in [3.63, 3.8) is 0 Å². The molecular formula is C11H13ClN6O. The van der Waals surface area contributed by atoms with Crippen molar-refractivity contribution >= 4 is 17.5 Å². The van der Waals surface area contributed by atoms with Crippen LogP contribution in [0.15, 0.2) is 18.3 Å². The van der Waals surface area contributed by atoms with Crippen molar-refractivity contribution in [2.24, 2.45) is 0 Å². The van der Waals surface area contributed by atoms with Crippen molar-refractivity contribution in [1.82, 2.24) is 30.9 Å². The SMILES string of the molecule is CCC[C@@H](NC(=O)c1ccc(Cl)cn1)c1nn[nH]n1. The molecule has 0 unspecified atom stereocenters. The van der Waals surface area contributed by atoms with Crippen molar-refractivity contribution in [3.05, 3.63) is 34.9 Å². The molecule has 0 aliphatic heterocycles. The summed E-state index contributed by atoms with van der Waals surface area (Å²) >= 11 is 5.73. The molecule has 0 radical (unpaired) electrons. The zero-order chi connectivity index (χ0) is 13.7. The van der Waals surface area contributed by atoms with Gasteiger partial charge in [0.05, 0.1) is 11.1 Å². The summed E-state index contributed by atoms with van der Waals surface area (Å²) in [5, 5.41) is 17.0. The average molecular weight is 281 g/mol. The Morgan fingerprint density at radius 2 is 2.37 bits per heavy atom. The number of aromatic nitrogens is 5. The van der Waals surface area contributed by atoms with Crippen LogP contribution in [0.25, 0.3) is 0 Å². The molecule has 0 spiro atoms. The van der Waals surface area contributed by atoms with Gasteiger partial charge in [-0.05, 0) is 18.6 Å². The van der Waals surface area contributed by atoms with Crippen LogP contribution in [0.2, 0.25) is 5.02 Å². The van der Waals surface area contributed by atoms with Gasteiger partial charge in [0.1, 0.15) is 5.69 Å². The van der Waals surface area contributed by atoms with E-state index in [0.29, 0.717) is 16.5 Å². The lowest BCUT2D eigenvalue weighted by atomic mass is 10.1. The Hall–Kier alpha value is -2.02. The fourth-order valence-corrected chi connectivity index (χ4v) is 1.73. The van der Waals surface area contributed by atoms with Crippen LogP contribution in [0.5, 0.6) is 0 Å². The highest BCUT2D eigenvalue weighted by Crippen LogP contribution is 2.14. The van der Waals surface area contributed by atoms with Crippen LogP contribution >= 0.6 is 11.6 Å². The van der Waals surface area contributed by atoms with Crippen LogP contribution in [0, 0.1) is 0 Å². The minimum atomic E-state index is -0.292. The molecule has 1 amide bonds. The number of nitrogens with zero attached hydrogens (tertiary/aromatic N) is 4. The summed E-state index contributed by atoms with van der Waals surface area (Å²) in [6.07, 6.45) is 3.03. The van der Waals surface area contributed by atoms with E-state index in [1.54, 1.807) is 12.1 Å². The zero-order valence-corrected chi connectivity index (χ0v) is 11.1. The number of hydrogen-bond acceptors (Lipinski definition) is 5. The zero-order valence-electron chi connectivity index (χ0n) is 10.3. The van der Waals surface area contributed by atoms with E-state index in [9.17, 15) is 4.79 Å². The molecule has 2 N–H and O–H groups in total. The molecule has 0 saturated heterocycles. The monoisotopic (exact) mass is 280 g/mol. The van der Waals surface area contributed by atoms with Crippen molar-refractivity contribution in [3.8, 4) is 0 Å². The summed E-state index contributed by atoms with van der Waals surface area (Å²) in [7, 11) is 0. The van der Waals surface area contributed by atoms with Gasteiger partial charge in [-0.1, -0.05) is 30.2 Å². The molecule has 19 heavy (non-hydrogen) atoms. The minimum absolute atomic E-state index is 0.284. The summed E-state index contributed by atoms with van der Waals surface area (Å²) < 4.78 is 0. The van der Waals surface area contributed by atoms with Crippen LogP contribution in [0.3, 0.4) is 0 Å². The number of rotatable bonds is 5. The maximum absolute atomic E-state index is 12.0. The predicted molar refractivity (Wildman–Crippen MR) is 68.5 cm³/mol. The third kappa shape index (κ3) is 3.47. The summed E-state index contributed by atoms with van der Waals surface area (Å²) in [6, 6.07) is 2.90. The third-order valence-electron chi connectivity index (χ3n) is 2.52. The number of pyridine rings is 1. The Balaban J connectivity index is 2.09. The first kappa shape index (κ1) is 13.4. The molecule has 7 nitrogen and oxygen atoms in total. The molecule has 0 aromatic carbocycles. The van der Waals surface area contributed by atoms with Gasteiger partial charge in [0.25, 0.3) is 5.91 Å². The first-order chi connectivity index (χ1) is 9.20. The van der Waals surface area contributed by atoms with E-state index in [0.717, 1.165) is 12.8 Å². The van der Waals surface area contributed by atoms with Crippen molar-refractivity contribution in [1.29, 1.82) is 0 Å². The second kappa shape index (κ2) is 6.24. The second-order valence-corrected chi connectivity index (χ2v) is 4.38. The number of carbonyl (C=O) groups excluding carboxylic acids is 1. The van der Waals surface area contributed by atoms with E-state index >= 15 is 0 Å². The van der Waals surface area contributed by atoms with E-state index in [1.165, 1.54) is 6.20 Å². The number of H-pyrrole nitrogens is 1. The smallest absolute Gasteiger partial charge is 0.270 e. The first-order valence-electron chi connectivity index (χ1n) is 5.86. The van der Waals surface area contributed by atoms with Gasteiger partial charge in [-0.25, -0.2) is 4.98 Å². The Labute approximate surface area is 114 Å². The van der Waals surface area contributed by atoms with Crippen LogP contribution in [0.4, 0.5) is 0 Å². The van der Waals surface area contributed by atoms with Crippen LogP contribution < -0.4 is 5.32 Å². The molecule has 0 bridgehead atoms. The molecule has 0 aliphatic carbocycles. The van der Waals surface area contributed by atoms with Gasteiger partial charge < -0.3 is 5.32 Å². The molecule has 2 aromatic rings. The maximum Gasteiger partial charge on any atom is 0.270 e. The fourth-order valence-electron chi connectivity index (χ4n) is 1.61. The number of tetrazole rings is 1. The third-order valence-corrected chi connectivity index (χ3v) is 2.74. The van der Waals surface area contributed by atoms with Gasteiger partial charge in [-0.3, -0.25) is 4.79 Å².